The lowest BCUT2D eigenvalue weighted by Crippen LogP contribution is -2.22. The highest BCUT2D eigenvalue weighted by atomic mass is 32.2. The summed E-state index contributed by atoms with van der Waals surface area (Å²) in [6, 6.07) is 10.7. The average molecular weight is 353 g/mol. The second kappa shape index (κ2) is 7.30. The molecule has 0 bridgehead atoms. The van der Waals surface area contributed by atoms with E-state index in [1.807, 2.05) is 32.0 Å². The number of carbonyl (C=O) groups excluding carboxylic acids is 1. The average Bonchev–Trinajstić information content (AvgIpc) is 2.50. The highest BCUT2D eigenvalue weighted by Gasteiger charge is 2.30. The first-order chi connectivity index (χ1) is 11.2. The molecule has 0 aromatic heterocycles. The molecule has 2 aromatic rings. The fourth-order valence-corrected chi connectivity index (χ4v) is 3.03. The van der Waals surface area contributed by atoms with Crippen molar-refractivity contribution in [1.82, 2.24) is 0 Å². The molecular formula is C18H18F3NOS. The molecule has 1 atom stereocenters. The van der Waals surface area contributed by atoms with Crippen molar-refractivity contribution in [2.45, 2.75) is 37.1 Å². The van der Waals surface area contributed by atoms with Gasteiger partial charge in [0, 0.05) is 10.6 Å². The molecule has 0 aliphatic heterocycles. The van der Waals surface area contributed by atoms with Crippen molar-refractivity contribution >= 4 is 23.4 Å². The van der Waals surface area contributed by atoms with Gasteiger partial charge in [-0.05, 0) is 56.2 Å². The number of amides is 1. The minimum atomic E-state index is -4.39. The first kappa shape index (κ1) is 18.4. The smallest absolute Gasteiger partial charge is 0.325 e. The normalized spacial score (nSPS) is 12.8. The maximum absolute atomic E-state index is 12.7. The van der Waals surface area contributed by atoms with Crippen LogP contribution in [-0.4, -0.2) is 11.2 Å². The lowest BCUT2D eigenvalue weighted by atomic mass is 10.1. The van der Waals surface area contributed by atoms with E-state index in [2.05, 4.69) is 5.32 Å². The number of rotatable bonds is 4. The van der Waals surface area contributed by atoms with Crippen molar-refractivity contribution in [3.05, 3.63) is 59.2 Å². The predicted octanol–water partition coefficient (Wildman–Crippen LogP) is 5.44. The predicted molar refractivity (Wildman–Crippen MR) is 91.3 cm³/mol. The molecule has 6 heteroatoms. The number of carbonyl (C=O) groups is 1. The maximum atomic E-state index is 12.7. The largest absolute Gasteiger partial charge is 0.416 e. The van der Waals surface area contributed by atoms with E-state index in [1.54, 1.807) is 13.0 Å². The number of hydrogen-bond acceptors (Lipinski definition) is 2. The first-order valence-corrected chi connectivity index (χ1v) is 8.27. The Kier molecular flexibility index (Phi) is 5.59. The highest BCUT2D eigenvalue weighted by molar-refractivity contribution is 8.00. The first-order valence-electron chi connectivity index (χ1n) is 7.39. The van der Waals surface area contributed by atoms with E-state index < -0.39 is 17.0 Å². The fraction of sp³-hybridized carbons (Fsp3) is 0.278. The van der Waals surface area contributed by atoms with Crippen molar-refractivity contribution in [2.75, 3.05) is 5.32 Å². The summed E-state index contributed by atoms with van der Waals surface area (Å²) in [6.45, 7) is 5.49. The zero-order valence-electron chi connectivity index (χ0n) is 13.6. The molecule has 0 radical (unpaired) electrons. The summed E-state index contributed by atoms with van der Waals surface area (Å²) in [5.41, 5.74) is 1.96. The number of anilines is 1. The lowest BCUT2D eigenvalue weighted by molar-refractivity contribution is -0.137. The van der Waals surface area contributed by atoms with E-state index in [0.717, 1.165) is 40.7 Å². The summed E-state index contributed by atoms with van der Waals surface area (Å²) in [5, 5.41) is 2.31. The van der Waals surface area contributed by atoms with Crippen LogP contribution in [0.1, 0.15) is 23.6 Å². The highest BCUT2D eigenvalue weighted by Crippen LogP contribution is 2.33. The summed E-state index contributed by atoms with van der Waals surface area (Å²) in [4.78, 5) is 12.7. The van der Waals surface area contributed by atoms with Crippen LogP contribution in [0.2, 0.25) is 0 Å². The number of nitrogens with one attached hydrogen (secondary N) is 1. The van der Waals surface area contributed by atoms with Gasteiger partial charge in [0.15, 0.2) is 0 Å². The van der Waals surface area contributed by atoms with Crippen LogP contribution in [0.4, 0.5) is 18.9 Å². The zero-order valence-corrected chi connectivity index (χ0v) is 14.4. The van der Waals surface area contributed by atoms with Crippen molar-refractivity contribution in [3.8, 4) is 0 Å². The molecule has 2 nitrogen and oxygen atoms in total. The van der Waals surface area contributed by atoms with Gasteiger partial charge in [-0.3, -0.25) is 4.79 Å². The van der Waals surface area contributed by atoms with Crippen molar-refractivity contribution in [2.24, 2.45) is 0 Å². The molecule has 0 fully saturated rings. The van der Waals surface area contributed by atoms with E-state index in [4.69, 9.17) is 0 Å². The number of benzene rings is 2. The summed E-state index contributed by atoms with van der Waals surface area (Å²) in [5.74, 6) is -0.244. The van der Waals surface area contributed by atoms with Crippen LogP contribution in [0.5, 0.6) is 0 Å². The molecule has 0 saturated carbocycles. The van der Waals surface area contributed by atoms with Gasteiger partial charge in [-0.2, -0.15) is 13.2 Å². The molecule has 128 valence electrons. The molecule has 0 saturated heterocycles. The number of halogens is 3. The molecule has 0 spiro atoms. The van der Waals surface area contributed by atoms with Crippen LogP contribution < -0.4 is 5.32 Å². The quantitative estimate of drug-likeness (QED) is 0.742. The molecular weight excluding hydrogens is 335 g/mol. The van der Waals surface area contributed by atoms with Gasteiger partial charge in [0.25, 0.3) is 0 Å². The SMILES string of the molecule is Cc1ccc(C)c(NC(=O)[C@@H](C)Sc2cccc(C(F)(F)F)c2)c1. The van der Waals surface area contributed by atoms with Crippen LogP contribution in [0.25, 0.3) is 0 Å². The van der Waals surface area contributed by atoms with E-state index in [0.29, 0.717) is 4.90 Å². The van der Waals surface area contributed by atoms with E-state index in [9.17, 15) is 18.0 Å². The number of alkyl halides is 3. The van der Waals surface area contributed by atoms with Crippen LogP contribution in [0.3, 0.4) is 0 Å². The van der Waals surface area contributed by atoms with Crippen molar-refractivity contribution in [1.29, 1.82) is 0 Å². The zero-order chi connectivity index (χ0) is 17.9. The number of thioether (sulfide) groups is 1. The van der Waals surface area contributed by atoms with Crippen LogP contribution >= 0.6 is 11.8 Å². The van der Waals surface area contributed by atoms with E-state index in [-0.39, 0.29) is 5.91 Å². The van der Waals surface area contributed by atoms with Gasteiger partial charge in [-0.15, -0.1) is 11.8 Å². The van der Waals surface area contributed by atoms with Gasteiger partial charge in [0.2, 0.25) is 5.91 Å². The van der Waals surface area contributed by atoms with Gasteiger partial charge in [-0.1, -0.05) is 18.2 Å². The van der Waals surface area contributed by atoms with Crippen molar-refractivity contribution < 1.29 is 18.0 Å². The third kappa shape index (κ3) is 4.77. The molecule has 2 rings (SSSR count). The molecule has 24 heavy (non-hydrogen) atoms. The fourth-order valence-electron chi connectivity index (χ4n) is 2.11. The Hall–Kier alpha value is -1.95. The van der Waals surface area contributed by atoms with Gasteiger partial charge in [-0.25, -0.2) is 0 Å². The molecule has 0 aliphatic carbocycles. The Morgan fingerprint density at radius 2 is 1.83 bits per heavy atom. The Morgan fingerprint density at radius 3 is 2.50 bits per heavy atom. The van der Waals surface area contributed by atoms with Crippen LogP contribution in [0, 0.1) is 13.8 Å². The summed E-state index contributed by atoms with van der Waals surface area (Å²) < 4.78 is 38.2. The van der Waals surface area contributed by atoms with Crippen molar-refractivity contribution in [3.63, 3.8) is 0 Å². The number of hydrogen-bond donors (Lipinski definition) is 1. The Morgan fingerprint density at radius 1 is 1.12 bits per heavy atom. The lowest BCUT2D eigenvalue weighted by Gasteiger charge is -2.15. The molecule has 0 heterocycles. The van der Waals surface area contributed by atoms with Gasteiger partial charge in [0.1, 0.15) is 0 Å². The minimum Gasteiger partial charge on any atom is -0.325 e. The summed E-state index contributed by atoms with van der Waals surface area (Å²) in [7, 11) is 0. The minimum absolute atomic E-state index is 0.244. The molecule has 0 unspecified atom stereocenters. The monoisotopic (exact) mass is 353 g/mol. The Balaban J connectivity index is 2.08. The molecule has 2 aromatic carbocycles. The number of aryl methyl sites for hydroxylation is 2. The second-order valence-electron chi connectivity index (χ2n) is 5.59. The molecule has 1 N–H and O–H groups in total. The second-order valence-corrected chi connectivity index (χ2v) is 7.01. The van der Waals surface area contributed by atoms with E-state index in [1.165, 1.54) is 6.07 Å². The molecule has 0 aliphatic rings. The Labute approximate surface area is 143 Å². The topological polar surface area (TPSA) is 29.1 Å². The third-order valence-corrected chi connectivity index (χ3v) is 4.59. The molecule has 1 amide bonds. The third-order valence-electron chi connectivity index (χ3n) is 3.49. The van der Waals surface area contributed by atoms with Gasteiger partial charge in [0.05, 0.1) is 10.8 Å². The maximum Gasteiger partial charge on any atom is 0.416 e. The van der Waals surface area contributed by atoms with Gasteiger partial charge >= 0.3 is 6.18 Å². The Bertz CT molecular complexity index is 743. The van der Waals surface area contributed by atoms with Crippen LogP contribution in [0.15, 0.2) is 47.4 Å². The summed E-state index contributed by atoms with van der Waals surface area (Å²) in [6.07, 6.45) is -4.39. The summed E-state index contributed by atoms with van der Waals surface area (Å²) >= 11 is 1.10. The van der Waals surface area contributed by atoms with Gasteiger partial charge < -0.3 is 5.32 Å². The van der Waals surface area contributed by atoms with E-state index >= 15 is 0 Å². The van der Waals surface area contributed by atoms with Crippen LogP contribution in [-0.2, 0) is 11.0 Å². The standard InChI is InChI=1S/C18H18F3NOS/c1-11-7-8-12(2)16(9-11)22-17(23)13(3)24-15-6-4-5-14(10-15)18(19,20)21/h4-10,13H,1-3H3,(H,22,23)/t13-/m1/s1.